The van der Waals surface area contributed by atoms with Crippen LogP contribution in [0.1, 0.15) is 0 Å². The minimum absolute atomic E-state index is 0.319. The van der Waals surface area contributed by atoms with Crippen molar-refractivity contribution >= 4 is 39.1 Å². The summed E-state index contributed by atoms with van der Waals surface area (Å²) in [5.74, 6) is -0.319. The Hall–Kier alpha value is -1.24. The molecule has 0 aliphatic heterocycles. The van der Waals surface area contributed by atoms with E-state index in [1.54, 1.807) is 24.3 Å². The minimum atomic E-state index is -3.40. The molecule has 3 nitrogen and oxygen atoms in total. The summed E-state index contributed by atoms with van der Waals surface area (Å²) < 4.78 is 38.0. The summed E-state index contributed by atoms with van der Waals surface area (Å²) in [5, 5.41) is 0.430. The smallest absolute Gasteiger partial charge is 0.229 e. The van der Waals surface area contributed by atoms with E-state index in [1.807, 2.05) is 0 Å². The molecule has 2 rings (SSSR count). The molecule has 1 N–H and O–H groups in total. The lowest BCUT2D eigenvalue weighted by atomic mass is 10.3. The molecule has 106 valence electrons. The Kier molecular flexibility index (Phi) is 4.57. The van der Waals surface area contributed by atoms with Crippen LogP contribution in [0.2, 0.25) is 5.02 Å². The number of nitrogens with one attached hydrogen (secondary N) is 1. The van der Waals surface area contributed by atoms with Crippen LogP contribution >= 0.6 is 23.4 Å². The van der Waals surface area contributed by atoms with Crippen molar-refractivity contribution < 1.29 is 12.8 Å². The van der Waals surface area contributed by atoms with Gasteiger partial charge in [-0.1, -0.05) is 23.4 Å². The van der Waals surface area contributed by atoms with E-state index in [0.29, 0.717) is 15.6 Å². The van der Waals surface area contributed by atoms with Crippen molar-refractivity contribution in [2.75, 3.05) is 11.0 Å². The van der Waals surface area contributed by atoms with Gasteiger partial charge in [-0.3, -0.25) is 4.72 Å². The van der Waals surface area contributed by atoms with Gasteiger partial charge < -0.3 is 0 Å². The van der Waals surface area contributed by atoms with Gasteiger partial charge in [0.05, 0.1) is 11.9 Å². The van der Waals surface area contributed by atoms with Crippen molar-refractivity contribution in [2.24, 2.45) is 0 Å². The summed E-state index contributed by atoms with van der Waals surface area (Å²) in [6, 6.07) is 10.9. The molecule has 0 fully saturated rings. The van der Waals surface area contributed by atoms with Gasteiger partial charge in [-0.25, -0.2) is 12.8 Å². The van der Waals surface area contributed by atoms with Crippen LogP contribution < -0.4 is 4.72 Å². The molecule has 0 spiro atoms. The highest BCUT2D eigenvalue weighted by molar-refractivity contribution is 7.99. The SMILES string of the molecule is CS(=O)(=O)Nc1cc(Cl)ccc1Sc1ccc(F)cc1. The highest BCUT2D eigenvalue weighted by Gasteiger charge is 2.10. The molecule has 0 bridgehead atoms. The zero-order chi connectivity index (χ0) is 14.8. The first-order valence-electron chi connectivity index (χ1n) is 5.54. The van der Waals surface area contributed by atoms with Crippen LogP contribution in [0.4, 0.5) is 10.1 Å². The van der Waals surface area contributed by atoms with E-state index in [1.165, 1.54) is 30.0 Å². The first-order valence-corrected chi connectivity index (χ1v) is 8.63. The molecule has 0 heterocycles. The van der Waals surface area contributed by atoms with E-state index in [-0.39, 0.29) is 5.82 Å². The van der Waals surface area contributed by atoms with Crippen molar-refractivity contribution in [3.63, 3.8) is 0 Å². The normalized spacial score (nSPS) is 11.3. The van der Waals surface area contributed by atoms with Crippen LogP contribution in [0.15, 0.2) is 52.3 Å². The molecule has 0 aromatic heterocycles. The molecular weight excluding hydrogens is 321 g/mol. The molecule has 2 aromatic rings. The second-order valence-corrected chi connectivity index (χ2v) is 7.37. The molecule has 0 radical (unpaired) electrons. The number of halogens is 2. The van der Waals surface area contributed by atoms with Crippen molar-refractivity contribution in [3.05, 3.63) is 53.3 Å². The average Bonchev–Trinajstić information content (AvgIpc) is 2.33. The van der Waals surface area contributed by atoms with E-state index < -0.39 is 10.0 Å². The maximum absolute atomic E-state index is 12.9. The van der Waals surface area contributed by atoms with Gasteiger partial charge in [0.2, 0.25) is 10.0 Å². The summed E-state index contributed by atoms with van der Waals surface area (Å²) in [5.41, 5.74) is 0.398. The second-order valence-electron chi connectivity index (χ2n) is 4.07. The van der Waals surface area contributed by atoms with Gasteiger partial charge in [0, 0.05) is 14.8 Å². The summed E-state index contributed by atoms with van der Waals surface area (Å²) in [6.07, 6.45) is 1.07. The quantitative estimate of drug-likeness (QED) is 0.921. The largest absolute Gasteiger partial charge is 0.283 e. The van der Waals surface area contributed by atoms with Crippen molar-refractivity contribution in [2.45, 2.75) is 9.79 Å². The predicted molar refractivity (Wildman–Crippen MR) is 80.4 cm³/mol. The van der Waals surface area contributed by atoms with Crippen LogP contribution in [-0.4, -0.2) is 14.7 Å². The lowest BCUT2D eigenvalue weighted by molar-refractivity contribution is 0.606. The minimum Gasteiger partial charge on any atom is -0.283 e. The van der Waals surface area contributed by atoms with E-state index in [0.717, 1.165) is 11.2 Å². The van der Waals surface area contributed by atoms with Crippen molar-refractivity contribution in [1.82, 2.24) is 0 Å². The first kappa shape index (κ1) is 15.2. The van der Waals surface area contributed by atoms with Crippen LogP contribution in [0, 0.1) is 5.82 Å². The number of hydrogen-bond acceptors (Lipinski definition) is 3. The lowest BCUT2D eigenvalue weighted by Gasteiger charge is -2.11. The third-order valence-corrected chi connectivity index (χ3v) is 4.19. The first-order chi connectivity index (χ1) is 9.33. The number of benzene rings is 2. The maximum atomic E-state index is 12.9. The number of anilines is 1. The van der Waals surface area contributed by atoms with Crippen LogP contribution in [-0.2, 0) is 10.0 Å². The van der Waals surface area contributed by atoms with E-state index in [9.17, 15) is 12.8 Å². The van der Waals surface area contributed by atoms with Crippen LogP contribution in [0.5, 0.6) is 0 Å². The van der Waals surface area contributed by atoms with E-state index in [2.05, 4.69) is 4.72 Å². The fourth-order valence-electron chi connectivity index (χ4n) is 1.50. The van der Waals surface area contributed by atoms with Crippen LogP contribution in [0.25, 0.3) is 0 Å². The summed E-state index contributed by atoms with van der Waals surface area (Å²) >= 11 is 7.20. The van der Waals surface area contributed by atoms with Gasteiger partial charge in [-0.05, 0) is 42.5 Å². The lowest BCUT2D eigenvalue weighted by Crippen LogP contribution is -2.10. The monoisotopic (exact) mass is 331 g/mol. The van der Waals surface area contributed by atoms with Gasteiger partial charge in [0.25, 0.3) is 0 Å². The van der Waals surface area contributed by atoms with Gasteiger partial charge in [0.1, 0.15) is 5.82 Å². The molecule has 0 saturated heterocycles. The van der Waals surface area contributed by atoms with Gasteiger partial charge in [-0.15, -0.1) is 0 Å². The van der Waals surface area contributed by atoms with Gasteiger partial charge >= 0.3 is 0 Å². The number of sulfonamides is 1. The maximum Gasteiger partial charge on any atom is 0.229 e. The Morgan fingerprint density at radius 2 is 1.80 bits per heavy atom. The molecule has 0 unspecified atom stereocenters. The number of rotatable bonds is 4. The Morgan fingerprint density at radius 3 is 2.40 bits per heavy atom. The topological polar surface area (TPSA) is 46.2 Å². The van der Waals surface area contributed by atoms with Gasteiger partial charge in [-0.2, -0.15) is 0 Å². The molecule has 0 aliphatic carbocycles. The molecule has 0 aliphatic rings. The highest BCUT2D eigenvalue weighted by Crippen LogP contribution is 2.35. The van der Waals surface area contributed by atoms with E-state index in [4.69, 9.17) is 11.6 Å². The molecule has 7 heteroatoms. The molecule has 0 amide bonds. The fraction of sp³-hybridized carbons (Fsp3) is 0.0769. The van der Waals surface area contributed by atoms with Crippen molar-refractivity contribution in [1.29, 1.82) is 0 Å². The zero-order valence-electron chi connectivity index (χ0n) is 10.4. The summed E-state index contributed by atoms with van der Waals surface area (Å²) in [4.78, 5) is 1.48. The second kappa shape index (κ2) is 6.03. The number of hydrogen-bond donors (Lipinski definition) is 1. The predicted octanol–water partition coefficient (Wildman–Crippen LogP) is 4.00. The Bertz CT molecular complexity index is 718. The highest BCUT2D eigenvalue weighted by atomic mass is 35.5. The molecule has 0 saturated carbocycles. The van der Waals surface area contributed by atoms with Crippen LogP contribution in [0.3, 0.4) is 0 Å². The molecule has 2 aromatic carbocycles. The van der Waals surface area contributed by atoms with Gasteiger partial charge in [0.15, 0.2) is 0 Å². The third-order valence-electron chi connectivity index (χ3n) is 2.28. The summed E-state index contributed by atoms with van der Waals surface area (Å²) in [6.45, 7) is 0. The van der Waals surface area contributed by atoms with E-state index >= 15 is 0 Å². The Morgan fingerprint density at radius 1 is 1.15 bits per heavy atom. The molecule has 0 atom stereocenters. The average molecular weight is 332 g/mol. The standard InChI is InChI=1S/C13H11ClFNO2S2/c1-20(17,18)16-12-8-9(14)2-7-13(12)19-11-5-3-10(15)4-6-11/h2-8,16H,1H3. The third kappa shape index (κ3) is 4.40. The fourth-order valence-corrected chi connectivity index (χ4v) is 3.19. The molecule has 20 heavy (non-hydrogen) atoms. The zero-order valence-corrected chi connectivity index (χ0v) is 12.8. The summed E-state index contributed by atoms with van der Waals surface area (Å²) in [7, 11) is -3.40. The Labute approximate surface area is 126 Å². The molecular formula is C13H11ClFNO2S2. The van der Waals surface area contributed by atoms with Crippen molar-refractivity contribution in [3.8, 4) is 0 Å². The Balaban J connectivity index is 2.33.